The van der Waals surface area contributed by atoms with Crippen molar-refractivity contribution in [2.45, 2.75) is 52.1 Å². The summed E-state index contributed by atoms with van der Waals surface area (Å²) in [6.45, 7) is 8.01. The van der Waals surface area contributed by atoms with Crippen LogP contribution in [0.15, 0.2) is 18.2 Å². The van der Waals surface area contributed by atoms with Gasteiger partial charge in [-0.05, 0) is 55.8 Å². The summed E-state index contributed by atoms with van der Waals surface area (Å²) in [7, 11) is 0. The van der Waals surface area contributed by atoms with Gasteiger partial charge in [0.1, 0.15) is 5.82 Å². The Morgan fingerprint density at radius 2 is 2.05 bits per heavy atom. The Labute approximate surface area is 122 Å². The molecule has 112 valence electrons. The standard InChI is InChI=1S/C17H27FN2/c1-12(2)8-9-20(15-5-6-15)17(11-19)14-4-7-16(18)13(3)10-14/h4,7,10,12,15,17H,5-6,8-9,11,19H2,1-3H3. The molecule has 0 heterocycles. The zero-order valence-electron chi connectivity index (χ0n) is 12.9. The van der Waals surface area contributed by atoms with Crippen LogP contribution in [0.5, 0.6) is 0 Å². The highest BCUT2D eigenvalue weighted by Gasteiger charge is 2.33. The summed E-state index contributed by atoms with van der Waals surface area (Å²) < 4.78 is 13.4. The highest BCUT2D eigenvalue weighted by Crippen LogP contribution is 2.34. The second-order valence-corrected chi connectivity index (χ2v) is 6.41. The molecule has 0 aliphatic heterocycles. The van der Waals surface area contributed by atoms with Crippen molar-refractivity contribution < 1.29 is 4.39 Å². The molecule has 1 aromatic carbocycles. The molecular weight excluding hydrogens is 251 g/mol. The quantitative estimate of drug-likeness (QED) is 0.825. The summed E-state index contributed by atoms with van der Waals surface area (Å²) in [5.74, 6) is 0.564. The number of aryl methyl sites for hydroxylation is 1. The fourth-order valence-electron chi connectivity index (χ4n) is 2.74. The Balaban J connectivity index is 2.16. The molecule has 1 aliphatic rings. The fourth-order valence-corrected chi connectivity index (χ4v) is 2.74. The predicted molar refractivity (Wildman–Crippen MR) is 82.1 cm³/mol. The topological polar surface area (TPSA) is 29.3 Å². The first kappa shape index (κ1) is 15.5. The van der Waals surface area contributed by atoms with E-state index in [1.807, 2.05) is 19.1 Å². The third-order valence-electron chi connectivity index (χ3n) is 4.17. The molecule has 0 radical (unpaired) electrons. The van der Waals surface area contributed by atoms with Gasteiger partial charge in [0.25, 0.3) is 0 Å². The summed E-state index contributed by atoms with van der Waals surface area (Å²) in [4.78, 5) is 2.53. The lowest BCUT2D eigenvalue weighted by molar-refractivity contribution is 0.180. The first-order valence-corrected chi connectivity index (χ1v) is 7.74. The van der Waals surface area contributed by atoms with Crippen LogP contribution in [0.2, 0.25) is 0 Å². The minimum Gasteiger partial charge on any atom is -0.329 e. The maximum atomic E-state index is 13.4. The minimum absolute atomic E-state index is 0.135. The molecule has 2 N–H and O–H groups in total. The van der Waals surface area contributed by atoms with Gasteiger partial charge in [-0.2, -0.15) is 0 Å². The van der Waals surface area contributed by atoms with Gasteiger partial charge in [-0.15, -0.1) is 0 Å². The van der Waals surface area contributed by atoms with Crippen LogP contribution in [0.25, 0.3) is 0 Å². The lowest BCUT2D eigenvalue weighted by Gasteiger charge is -2.32. The number of nitrogens with zero attached hydrogens (tertiary/aromatic N) is 1. The molecule has 1 fully saturated rings. The first-order valence-electron chi connectivity index (χ1n) is 7.74. The molecular formula is C17H27FN2. The Kier molecular flexibility index (Phi) is 5.17. The number of benzene rings is 1. The molecule has 2 nitrogen and oxygen atoms in total. The maximum Gasteiger partial charge on any atom is 0.126 e. The van der Waals surface area contributed by atoms with Gasteiger partial charge in [-0.3, -0.25) is 4.90 Å². The fraction of sp³-hybridized carbons (Fsp3) is 0.647. The number of nitrogens with two attached hydrogens (primary N) is 1. The van der Waals surface area contributed by atoms with E-state index in [9.17, 15) is 4.39 Å². The monoisotopic (exact) mass is 278 g/mol. The van der Waals surface area contributed by atoms with Crippen LogP contribution >= 0.6 is 0 Å². The number of hydrogen-bond donors (Lipinski definition) is 1. The van der Waals surface area contributed by atoms with Gasteiger partial charge in [0.15, 0.2) is 0 Å². The van der Waals surface area contributed by atoms with Crippen LogP contribution < -0.4 is 5.73 Å². The summed E-state index contributed by atoms with van der Waals surface area (Å²) in [5.41, 5.74) is 7.89. The van der Waals surface area contributed by atoms with Crippen molar-refractivity contribution in [3.63, 3.8) is 0 Å². The summed E-state index contributed by atoms with van der Waals surface area (Å²) in [6, 6.07) is 6.32. The van der Waals surface area contributed by atoms with Crippen molar-refractivity contribution in [3.8, 4) is 0 Å². The number of halogens is 1. The average Bonchev–Trinajstić information content (AvgIpc) is 3.22. The first-order chi connectivity index (χ1) is 9.52. The summed E-state index contributed by atoms with van der Waals surface area (Å²) >= 11 is 0. The van der Waals surface area contributed by atoms with E-state index in [0.717, 1.165) is 12.1 Å². The van der Waals surface area contributed by atoms with E-state index in [1.54, 1.807) is 6.07 Å². The SMILES string of the molecule is Cc1cc(C(CN)N(CCC(C)C)C2CC2)ccc1F. The van der Waals surface area contributed by atoms with Gasteiger partial charge in [0, 0.05) is 18.6 Å². The second kappa shape index (κ2) is 6.68. The smallest absolute Gasteiger partial charge is 0.126 e. The van der Waals surface area contributed by atoms with Gasteiger partial charge in [0.05, 0.1) is 0 Å². The molecule has 1 unspecified atom stereocenters. The van der Waals surface area contributed by atoms with Crippen molar-refractivity contribution in [3.05, 3.63) is 35.1 Å². The van der Waals surface area contributed by atoms with E-state index in [1.165, 1.54) is 19.3 Å². The molecule has 1 aromatic rings. The third kappa shape index (κ3) is 3.80. The van der Waals surface area contributed by atoms with Gasteiger partial charge >= 0.3 is 0 Å². The van der Waals surface area contributed by atoms with Crippen molar-refractivity contribution in [2.24, 2.45) is 11.7 Å². The molecule has 0 saturated heterocycles. The molecule has 0 aromatic heterocycles. The Hall–Kier alpha value is -0.930. The lowest BCUT2D eigenvalue weighted by atomic mass is 10.0. The third-order valence-corrected chi connectivity index (χ3v) is 4.17. The molecule has 0 bridgehead atoms. The minimum atomic E-state index is -0.135. The van der Waals surface area contributed by atoms with E-state index >= 15 is 0 Å². The Morgan fingerprint density at radius 1 is 1.35 bits per heavy atom. The predicted octanol–water partition coefficient (Wildman–Crippen LogP) is 3.64. The van der Waals surface area contributed by atoms with Gasteiger partial charge < -0.3 is 5.73 Å². The van der Waals surface area contributed by atoms with Crippen molar-refractivity contribution in [1.82, 2.24) is 4.90 Å². The zero-order chi connectivity index (χ0) is 14.7. The Morgan fingerprint density at radius 3 is 2.55 bits per heavy atom. The van der Waals surface area contributed by atoms with E-state index in [4.69, 9.17) is 5.73 Å². The molecule has 1 saturated carbocycles. The molecule has 2 rings (SSSR count). The zero-order valence-corrected chi connectivity index (χ0v) is 12.9. The van der Waals surface area contributed by atoms with Crippen LogP contribution in [0, 0.1) is 18.7 Å². The van der Waals surface area contributed by atoms with Crippen LogP contribution in [-0.2, 0) is 0 Å². The largest absolute Gasteiger partial charge is 0.329 e. The van der Waals surface area contributed by atoms with E-state index in [0.29, 0.717) is 24.1 Å². The van der Waals surface area contributed by atoms with Crippen molar-refractivity contribution in [1.29, 1.82) is 0 Å². The van der Waals surface area contributed by atoms with Crippen LogP contribution in [-0.4, -0.2) is 24.0 Å². The van der Waals surface area contributed by atoms with Gasteiger partial charge in [-0.25, -0.2) is 4.39 Å². The average molecular weight is 278 g/mol. The van der Waals surface area contributed by atoms with Gasteiger partial charge in [0.2, 0.25) is 0 Å². The van der Waals surface area contributed by atoms with E-state index < -0.39 is 0 Å². The number of rotatable bonds is 7. The highest BCUT2D eigenvalue weighted by atomic mass is 19.1. The molecule has 0 spiro atoms. The normalized spacial score (nSPS) is 16.9. The molecule has 1 aliphatic carbocycles. The van der Waals surface area contributed by atoms with Crippen LogP contribution in [0.4, 0.5) is 4.39 Å². The summed E-state index contributed by atoms with van der Waals surface area (Å²) in [5, 5.41) is 0. The van der Waals surface area contributed by atoms with E-state index in [-0.39, 0.29) is 11.9 Å². The summed E-state index contributed by atoms with van der Waals surface area (Å²) in [6.07, 6.45) is 3.73. The molecule has 0 amide bonds. The van der Waals surface area contributed by atoms with Crippen molar-refractivity contribution in [2.75, 3.05) is 13.1 Å². The van der Waals surface area contributed by atoms with E-state index in [2.05, 4.69) is 18.7 Å². The highest BCUT2D eigenvalue weighted by molar-refractivity contribution is 5.27. The van der Waals surface area contributed by atoms with Gasteiger partial charge in [-0.1, -0.05) is 26.0 Å². The van der Waals surface area contributed by atoms with Crippen LogP contribution in [0.1, 0.15) is 50.3 Å². The van der Waals surface area contributed by atoms with Crippen molar-refractivity contribution >= 4 is 0 Å². The molecule has 1 atom stereocenters. The number of hydrogen-bond acceptors (Lipinski definition) is 2. The lowest BCUT2D eigenvalue weighted by Crippen LogP contribution is -2.36. The molecule has 3 heteroatoms. The maximum absolute atomic E-state index is 13.4. The van der Waals surface area contributed by atoms with Crippen LogP contribution in [0.3, 0.4) is 0 Å². The molecule has 20 heavy (non-hydrogen) atoms. The Bertz CT molecular complexity index is 441. The second-order valence-electron chi connectivity index (χ2n) is 6.41.